The first kappa shape index (κ1) is 54.7. The summed E-state index contributed by atoms with van der Waals surface area (Å²) >= 11 is 0. The zero-order valence-corrected chi connectivity index (χ0v) is 37.2. The van der Waals surface area contributed by atoms with Crippen LogP contribution in [0.3, 0.4) is 0 Å². The molecule has 59 heavy (non-hydrogen) atoms. The Kier molecular flexibility index (Phi) is 36.9. The Morgan fingerprint density at radius 1 is 0.525 bits per heavy atom. The number of aliphatic hydroxyl groups excluding tert-OH is 4. The zero-order valence-electron chi connectivity index (χ0n) is 37.2. The van der Waals surface area contributed by atoms with Gasteiger partial charge in [-0.3, -0.25) is 9.59 Å². The number of hydrogen-bond acceptors (Lipinski definition) is 10. The molecule has 0 aromatic carbocycles. The fourth-order valence-corrected chi connectivity index (χ4v) is 6.89. The molecule has 0 saturated carbocycles. The molecule has 1 aliphatic heterocycles. The molecule has 0 amide bonds. The van der Waals surface area contributed by atoms with E-state index >= 15 is 0 Å². The van der Waals surface area contributed by atoms with Crippen molar-refractivity contribution in [2.45, 2.75) is 230 Å². The highest BCUT2D eigenvalue weighted by atomic mass is 16.7. The number of unbranched alkanes of at least 4 members (excludes halogenated alkanes) is 20. The van der Waals surface area contributed by atoms with Crippen molar-refractivity contribution in [3.05, 3.63) is 48.6 Å². The largest absolute Gasteiger partial charge is 0.462 e. The summed E-state index contributed by atoms with van der Waals surface area (Å²) in [7, 11) is 0. The minimum atomic E-state index is -1.60. The van der Waals surface area contributed by atoms with E-state index < -0.39 is 49.4 Å². The normalized spacial score (nSPS) is 20.4. The number of rotatable bonds is 39. The lowest BCUT2D eigenvalue weighted by molar-refractivity contribution is -0.305. The van der Waals surface area contributed by atoms with Crippen molar-refractivity contribution in [1.82, 2.24) is 0 Å². The van der Waals surface area contributed by atoms with Crippen molar-refractivity contribution < 1.29 is 49.0 Å². The van der Waals surface area contributed by atoms with Gasteiger partial charge in [-0.25, -0.2) is 0 Å². The molecule has 1 rings (SSSR count). The molecule has 0 bridgehead atoms. The van der Waals surface area contributed by atoms with Crippen molar-refractivity contribution in [3.63, 3.8) is 0 Å². The monoisotopic (exact) mass is 835 g/mol. The average molecular weight is 835 g/mol. The third-order valence-corrected chi connectivity index (χ3v) is 10.7. The van der Waals surface area contributed by atoms with E-state index in [0.29, 0.717) is 6.42 Å². The first-order valence-corrected chi connectivity index (χ1v) is 23.7. The second kappa shape index (κ2) is 39.8. The van der Waals surface area contributed by atoms with Crippen molar-refractivity contribution in [1.29, 1.82) is 0 Å². The second-order valence-electron chi connectivity index (χ2n) is 16.2. The highest BCUT2D eigenvalue weighted by Crippen LogP contribution is 2.22. The minimum absolute atomic E-state index is 0.180. The second-order valence-corrected chi connectivity index (χ2v) is 16.2. The van der Waals surface area contributed by atoms with E-state index in [9.17, 15) is 30.0 Å². The quantitative estimate of drug-likeness (QED) is 0.0267. The maximum absolute atomic E-state index is 12.8. The van der Waals surface area contributed by atoms with Gasteiger partial charge in [-0.05, 0) is 77.0 Å². The SMILES string of the molecule is CCCCC/C=C/C/C=C/C/C=C/CCCCC(=O)O[C@@H](COC(=O)CCCCCCCCCCC/C=C/CCCCCCCC)CO[C@H]1O[C@@H](CO)[C@@H](O)C(O)C1O. The van der Waals surface area contributed by atoms with Gasteiger partial charge in [0.1, 0.15) is 31.0 Å². The molecule has 6 atom stereocenters. The van der Waals surface area contributed by atoms with E-state index in [0.717, 1.165) is 57.8 Å². The summed E-state index contributed by atoms with van der Waals surface area (Å²) in [6, 6.07) is 0. The molecule has 1 saturated heterocycles. The highest BCUT2D eigenvalue weighted by molar-refractivity contribution is 5.70. The molecule has 0 aliphatic carbocycles. The molecule has 1 fully saturated rings. The first-order chi connectivity index (χ1) is 28.8. The first-order valence-electron chi connectivity index (χ1n) is 23.7. The van der Waals surface area contributed by atoms with Gasteiger partial charge in [-0.15, -0.1) is 0 Å². The summed E-state index contributed by atoms with van der Waals surface area (Å²) in [4.78, 5) is 25.3. The van der Waals surface area contributed by atoms with Crippen LogP contribution in [-0.2, 0) is 28.5 Å². The third-order valence-electron chi connectivity index (χ3n) is 10.7. The van der Waals surface area contributed by atoms with Crippen LogP contribution in [0.5, 0.6) is 0 Å². The van der Waals surface area contributed by atoms with Crippen LogP contribution in [-0.4, -0.2) is 89.0 Å². The number of carbonyl (C=O) groups is 2. The van der Waals surface area contributed by atoms with Crippen LogP contribution in [0, 0.1) is 0 Å². The van der Waals surface area contributed by atoms with Gasteiger partial charge < -0.3 is 39.4 Å². The molecular formula is C49H86O10. The Bertz CT molecular complexity index is 1100. The minimum Gasteiger partial charge on any atom is -0.462 e. The van der Waals surface area contributed by atoms with Gasteiger partial charge in [0.15, 0.2) is 12.4 Å². The average Bonchev–Trinajstić information content (AvgIpc) is 3.23. The summed E-state index contributed by atoms with van der Waals surface area (Å²) in [6.45, 7) is 3.35. The summed E-state index contributed by atoms with van der Waals surface area (Å²) in [5.74, 6) is -0.853. The Balaban J connectivity index is 2.32. The van der Waals surface area contributed by atoms with Crippen LogP contribution in [0.4, 0.5) is 0 Å². The van der Waals surface area contributed by atoms with Gasteiger partial charge in [-0.1, -0.05) is 152 Å². The summed E-state index contributed by atoms with van der Waals surface area (Å²) in [6.07, 6.45) is 39.7. The maximum atomic E-state index is 12.8. The molecule has 342 valence electrons. The number of allylic oxidation sites excluding steroid dienone is 8. The van der Waals surface area contributed by atoms with Crippen molar-refractivity contribution in [2.24, 2.45) is 0 Å². The van der Waals surface area contributed by atoms with Crippen LogP contribution < -0.4 is 0 Å². The number of ether oxygens (including phenoxy) is 4. The fourth-order valence-electron chi connectivity index (χ4n) is 6.89. The molecule has 0 aromatic rings. The lowest BCUT2D eigenvalue weighted by atomic mass is 9.99. The number of esters is 2. The van der Waals surface area contributed by atoms with Gasteiger partial charge >= 0.3 is 11.9 Å². The summed E-state index contributed by atoms with van der Waals surface area (Å²) in [5, 5.41) is 40.1. The van der Waals surface area contributed by atoms with Gasteiger partial charge in [-0.2, -0.15) is 0 Å². The molecule has 10 heteroatoms. The molecular weight excluding hydrogens is 749 g/mol. The molecule has 0 aromatic heterocycles. The molecule has 0 spiro atoms. The van der Waals surface area contributed by atoms with Crippen LogP contribution in [0.25, 0.3) is 0 Å². The molecule has 1 heterocycles. The Labute approximate surface area is 358 Å². The Morgan fingerprint density at radius 2 is 0.949 bits per heavy atom. The predicted molar refractivity (Wildman–Crippen MR) is 238 cm³/mol. The van der Waals surface area contributed by atoms with E-state index in [1.807, 2.05) is 0 Å². The standard InChI is InChI=1S/C49H86O10/c1-3-5-7-9-11-13-15-17-19-20-21-22-24-25-27-29-31-33-35-37-44(51)56-40-42(41-57-49-48(55)47(54)46(53)43(39-50)59-49)58-45(52)38-36-34-32-30-28-26-23-18-16-14-12-10-8-6-4-2/h12,14,17-19,23,28,30,42-43,46-50,53-55H,3-11,13,15-16,20-22,24-27,29,31-41H2,1-2H3/b14-12+,19-17+,23-18+,30-28+/t42-,43-,46+,47?,48?,49-/m0/s1. The smallest absolute Gasteiger partial charge is 0.306 e. The third kappa shape index (κ3) is 31.2. The van der Waals surface area contributed by atoms with Crippen molar-refractivity contribution >= 4 is 11.9 Å². The molecule has 2 unspecified atom stereocenters. The van der Waals surface area contributed by atoms with Gasteiger partial charge in [0.25, 0.3) is 0 Å². The van der Waals surface area contributed by atoms with E-state index in [1.165, 1.54) is 103 Å². The van der Waals surface area contributed by atoms with Crippen LogP contribution >= 0.6 is 0 Å². The van der Waals surface area contributed by atoms with Crippen LogP contribution in [0.15, 0.2) is 48.6 Å². The predicted octanol–water partition coefficient (Wildman–Crippen LogP) is 10.4. The maximum Gasteiger partial charge on any atom is 0.306 e. The van der Waals surface area contributed by atoms with Gasteiger partial charge in [0.05, 0.1) is 13.2 Å². The van der Waals surface area contributed by atoms with Crippen LogP contribution in [0.2, 0.25) is 0 Å². The van der Waals surface area contributed by atoms with Crippen molar-refractivity contribution in [3.8, 4) is 0 Å². The van der Waals surface area contributed by atoms with Gasteiger partial charge in [0.2, 0.25) is 0 Å². The van der Waals surface area contributed by atoms with E-state index in [-0.39, 0.29) is 32.0 Å². The van der Waals surface area contributed by atoms with Crippen molar-refractivity contribution in [2.75, 3.05) is 19.8 Å². The van der Waals surface area contributed by atoms with Gasteiger partial charge in [0, 0.05) is 12.8 Å². The highest BCUT2D eigenvalue weighted by Gasteiger charge is 2.44. The fraction of sp³-hybridized carbons (Fsp3) is 0.796. The molecule has 4 N–H and O–H groups in total. The lowest BCUT2D eigenvalue weighted by Gasteiger charge is -2.39. The number of aliphatic hydroxyl groups is 4. The summed E-state index contributed by atoms with van der Waals surface area (Å²) in [5.41, 5.74) is 0. The van der Waals surface area contributed by atoms with Crippen LogP contribution in [0.1, 0.15) is 194 Å². The molecule has 10 nitrogen and oxygen atoms in total. The Morgan fingerprint density at radius 3 is 1.51 bits per heavy atom. The van der Waals surface area contributed by atoms with E-state index in [1.54, 1.807) is 0 Å². The summed E-state index contributed by atoms with van der Waals surface area (Å²) < 4.78 is 22.1. The number of hydrogen-bond donors (Lipinski definition) is 4. The Hall–Kier alpha value is -2.34. The lowest BCUT2D eigenvalue weighted by Crippen LogP contribution is -2.59. The zero-order chi connectivity index (χ0) is 43.0. The van der Waals surface area contributed by atoms with E-state index in [2.05, 4.69) is 62.5 Å². The molecule has 0 radical (unpaired) electrons. The molecule has 1 aliphatic rings. The van der Waals surface area contributed by atoms with E-state index in [4.69, 9.17) is 18.9 Å². The number of carbonyl (C=O) groups excluding carboxylic acids is 2. The topological polar surface area (TPSA) is 152 Å².